The highest BCUT2D eigenvalue weighted by Gasteiger charge is 2.20. The molecule has 0 aliphatic rings. The summed E-state index contributed by atoms with van der Waals surface area (Å²) in [5.74, 6) is 0.351. The van der Waals surface area contributed by atoms with E-state index in [1.807, 2.05) is 36.4 Å². The first-order chi connectivity index (χ1) is 8.00. The summed E-state index contributed by atoms with van der Waals surface area (Å²) < 4.78 is 0. The van der Waals surface area contributed by atoms with Crippen LogP contribution in [-0.2, 0) is 5.41 Å². The Morgan fingerprint density at radius 1 is 0.824 bits per heavy atom. The van der Waals surface area contributed by atoms with Crippen molar-refractivity contribution in [2.45, 2.75) is 26.2 Å². The van der Waals surface area contributed by atoms with Gasteiger partial charge in [0.2, 0.25) is 0 Å². The van der Waals surface area contributed by atoms with E-state index in [0.29, 0.717) is 5.75 Å². The Labute approximate surface area is 103 Å². The molecule has 1 nitrogen and oxygen atoms in total. The standard InChI is InChI=1S/C16H18O/c1-16(2,3)13-10-7-11-14(17)15(13)12-8-5-4-6-9-12/h4-11,17H,1-3H3. The van der Waals surface area contributed by atoms with Gasteiger partial charge in [0.1, 0.15) is 5.75 Å². The van der Waals surface area contributed by atoms with E-state index in [1.165, 1.54) is 5.56 Å². The van der Waals surface area contributed by atoms with Crippen LogP contribution in [0, 0.1) is 0 Å². The maximum absolute atomic E-state index is 10.1. The van der Waals surface area contributed by atoms with Gasteiger partial charge in [0, 0.05) is 5.56 Å². The van der Waals surface area contributed by atoms with Crippen molar-refractivity contribution >= 4 is 0 Å². The molecule has 0 bridgehead atoms. The molecule has 0 radical (unpaired) electrons. The zero-order valence-corrected chi connectivity index (χ0v) is 10.6. The molecular weight excluding hydrogens is 208 g/mol. The maximum Gasteiger partial charge on any atom is 0.123 e. The van der Waals surface area contributed by atoms with Gasteiger partial charge in [0.15, 0.2) is 0 Å². The van der Waals surface area contributed by atoms with Gasteiger partial charge in [-0.2, -0.15) is 0 Å². The molecule has 17 heavy (non-hydrogen) atoms. The highest BCUT2D eigenvalue weighted by Crippen LogP contribution is 2.38. The number of benzene rings is 2. The fraction of sp³-hybridized carbons (Fsp3) is 0.250. The van der Waals surface area contributed by atoms with E-state index in [1.54, 1.807) is 6.07 Å². The Hall–Kier alpha value is -1.76. The average molecular weight is 226 g/mol. The lowest BCUT2D eigenvalue weighted by molar-refractivity contribution is 0.473. The van der Waals surface area contributed by atoms with Crippen LogP contribution in [0.5, 0.6) is 5.75 Å². The largest absolute Gasteiger partial charge is 0.507 e. The minimum absolute atomic E-state index is 0.0178. The van der Waals surface area contributed by atoms with Crippen LogP contribution in [0.25, 0.3) is 11.1 Å². The molecule has 0 aliphatic carbocycles. The normalized spacial score (nSPS) is 11.5. The maximum atomic E-state index is 10.1. The lowest BCUT2D eigenvalue weighted by Gasteiger charge is -2.23. The molecule has 0 aliphatic heterocycles. The number of hydrogen-bond acceptors (Lipinski definition) is 1. The van der Waals surface area contributed by atoms with Gasteiger partial charge in [-0.1, -0.05) is 63.2 Å². The lowest BCUT2D eigenvalue weighted by atomic mass is 9.81. The van der Waals surface area contributed by atoms with E-state index < -0.39 is 0 Å². The van der Waals surface area contributed by atoms with Crippen LogP contribution in [0.4, 0.5) is 0 Å². The van der Waals surface area contributed by atoms with Gasteiger partial charge in [0.05, 0.1) is 0 Å². The minimum atomic E-state index is 0.0178. The first kappa shape index (κ1) is 11.7. The second kappa shape index (κ2) is 4.25. The highest BCUT2D eigenvalue weighted by atomic mass is 16.3. The predicted octanol–water partition coefficient (Wildman–Crippen LogP) is 4.36. The number of phenolic OH excluding ortho intramolecular Hbond substituents is 1. The van der Waals surface area contributed by atoms with E-state index in [2.05, 4.69) is 26.8 Å². The number of hydrogen-bond donors (Lipinski definition) is 1. The number of phenols is 1. The molecule has 2 aromatic rings. The van der Waals surface area contributed by atoms with Crippen molar-refractivity contribution in [2.75, 3.05) is 0 Å². The molecule has 88 valence electrons. The molecule has 1 N–H and O–H groups in total. The van der Waals surface area contributed by atoms with Gasteiger partial charge >= 0.3 is 0 Å². The fourth-order valence-corrected chi connectivity index (χ4v) is 2.07. The Bertz CT molecular complexity index is 507. The molecule has 2 rings (SSSR count). The molecule has 0 heterocycles. The lowest BCUT2D eigenvalue weighted by Crippen LogP contribution is -2.12. The molecule has 0 unspecified atom stereocenters. The van der Waals surface area contributed by atoms with Gasteiger partial charge in [-0.3, -0.25) is 0 Å². The molecule has 0 saturated heterocycles. The molecule has 0 spiro atoms. The zero-order chi connectivity index (χ0) is 12.5. The molecular formula is C16H18O. The molecule has 0 saturated carbocycles. The quantitative estimate of drug-likeness (QED) is 0.766. The number of aromatic hydroxyl groups is 1. The van der Waals surface area contributed by atoms with E-state index in [-0.39, 0.29) is 5.41 Å². The Kier molecular flexibility index (Phi) is 2.93. The Morgan fingerprint density at radius 2 is 1.47 bits per heavy atom. The second-order valence-electron chi connectivity index (χ2n) is 5.32. The van der Waals surface area contributed by atoms with Crippen molar-refractivity contribution in [1.29, 1.82) is 0 Å². The van der Waals surface area contributed by atoms with Crippen LogP contribution >= 0.6 is 0 Å². The predicted molar refractivity (Wildman–Crippen MR) is 72.2 cm³/mol. The van der Waals surface area contributed by atoms with Gasteiger partial charge < -0.3 is 5.11 Å². The van der Waals surface area contributed by atoms with Crippen molar-refractivity contribution in [3.05, 3.63) is 54.1 Å². The van der Waals surface area contributed by atoms with Crippen LogP contribution < -0.4 is 0 Å². The number of rotatable bonds is 1. The van der Waals surface area contributed by atoms with Crippen molar-refractivity contribution in [2.24, 2.45) is 0 Å². The molecule has 0 fully saturated rings. The third-order valence-electron chi connectivity index (χ3n) is 2.91. The van der Waals surface area contributed by atoms with Gasteiger partial charge in [-0.05, 0) is 22.6 Å². The van der Waals surface area contributed by atoms with Crippen LogP contribution in [0.1, 0.15) is 26.3 Å². The monoisotopic (exact) mass is 226 g/mol. The smallest absolute Gasteiger partial charge is 0.123 e. The molecule has 2 aromatic carbocycles. The summed E-state index contributed by atoms with van der Waals surface area (Å²) in [6.45, 7) is 6.48. The van der Waals surface area contributed by atoms with Crippen molar-refractivity contribution in [3.8, 4) is 16.9 Å². The highest BCUT2D eigenvalue weighted by molar-refractivity contribution is 5.74. The van der Waals surface area contributed by atoms with E-state index in [0.717, 1.165) is 11.1 Å². The van der Waals surface area contributed by atoms with Gasteiger partial charge in [0.25, 0.3) is 0 Å². The van der Waals surface area contributed by atoms with Crippen molar-refractivity contribution in [1.82, 2.24) is 0 Å². The fourth-order valence-electron chi connectivity index (χ4n) is 2.07. The molecule has 0 atom stereocenters. The first-order valence-electron chi connectivity index (χ1n) is 5.88. The van der Waals surface area contributed by atoms with E-state index in [4.69, 9.17) is 0 Å². The summed E-state index contributed by atoms with van der Waals surface area (Å²) in [6, 6.07) is 15.8. The summed E-state index contributed by atoms with van der Waals surface area (Å²) in [6.07, 6.45) is 0. The third-order valence-corrected chi connectivity index (χ3v) is 2.91. The topological polar surface area (TPSA) is 20.2 Å². The summed E-state index contributed by atoms with van der Waals surface area (Å²) in [5.41, 5.74) is 3.20. The molecule has 0 amide bonds. The third kappa shape index (κ3) is 2.33. The summed E-state index contributed by atoms with van der Waals surface area (Å²) >= 11 is 0. The Balaban J connectivity index is 2.69. The zero-order valence-electron chi connectivity index (χ0n) is 10.6. The second-order valence-corrected chi connectivity index (χ2v) is 5.32. The van der Waals surface area contributed by atoms with Gasteiger partial charge in [-0.15, -0.1) is 0 Å². The first-order valence-corrected chi connectivity index (χ1v) is 5.88. The van der Waals surface area contributed by atoms with Gasteiger partial charge in [-0.25, -0.2) is 0 Å². The van der Waals surface area contributed by atoms with Crippen molar-refractivity contribution in [3.63, 3.8) is 0 Å². The summed E-state index contributed by atoms with van der Waals surface area (Å²) in [4.78, 5) is 0. The van der Waals surface area contributed by atoms with E-state index in [9.17, 15) is 5.11 Å². The average Bonchev–Trinajstić information content (AvgIpc) is 2.28. The SMILES string of the molecule is CC(C)(C)c1cccc(O)c1-c1ccccc1. The summed E-state index contributed by atoms with van der Waals surface area (Å²) in [5, 5.41) is 10.1. The van der Waals surface area contributed by atoms with Crippen molar-refractivity contribution < 1.29 is 5.11 Å². The van der Waals surface area contributed by atoms with E-state index >= 15 is 0 Å². The van der Waals surface area contributed by atoms with Crippen LogP contribution in [-0.4, -0.2) is 5.11 Å². The summed E-state index contributed by atoms with van der Waals surface area (Å²) in [7, 11) is 0. The molecule has 0 aromatic heterocycles. The minimum Gasteiger partial charge on any atom is -0.507 e. The van der Waals surface area contributed by atoms with Crippen LogP contribution in [0.15, 0.2) is 48.5 Å². The van der Waals surface area contributed by atoms with Crippen LogP contribution in [0.3, 0.4) is 0 Å². The Morgan fingerprint density at radius 3 is 2.06 bits per heavy atom. The van der Waals surface area contributed by atoms with Crippen LogP contribution in [0.2, 0.25) is 0 Å². The molecule has 1 heteroatoms.